The predicted molar refractivity (Wildman–Crippen MR) is 210 cm³/mol. The van der Waals surface area contributed by atoms with Crippen LogP contribution >= 0.6 is 0 Å². The van der Waals surface area contributed by atoms with Crippen LogP contribution in [-0.4, -0.2) is 15.0 Å². The lowest BCUT2D eigenvalue weighted by molar-refractivity contribution is 0.668. The maximum absolute atomic E-state index is 6.26. The summed E-state index contributed by atoms with van der Waals surface area (Å²) >= 11 is 0. The van der Waals surface area contributed by atoms with E-state index in [4.69, 9.17) is 23.8 Å². The normalized spacial score (nSPS) is 14.2. The molecule has 0 N–H and O–H groups in total. The third-order valence-corrected chi connectivity index (χ3v) is 10.4. The third-order valence-electron chi connectivity index (χ3n) is 10.4. The molecule has 11 rings (SSSR count). The van der Waals surface area contributed by atoms with Crippen molar-refractivity contribution in [3.63, 3.8) is 0 Å². The van der Waals surface area contributed by atoms with Gasteiger partial charge in [-0.1, -0.05) is 121 Å². The van der Waals surface area contributed by atoms with Crippen molar-refractivity contribution in [3.8, 4) is 33.9 Å². The van der Waals surface area contributed by atoms with Gasteiger partial charge in [-0.2, -0.15) is 0 Å². The van der Waals surface area contributed by atoms with Crippen LogP contribution in [0.3, 0.4) is 0 Å². The van der Waals surface area contributed by atoms with Gasteiger partial charge in [0.15, 0.2) is 11.6 Å². The molecule has 5 heteroatoms. The highest BCUT2D eigenvalue weighted by Gasteiger charge is 2.23. The van der Waals surface area contributed by atoms with Crippen LogP contribution in [0.15, 0.2) is 161 Å². The van der Waals surface area contributed by atoms with Gasteiger partial charge in [0.05, 0.1) is 0 Å². The van der Waals surface area contributed by atoms with Crippen molar-refractivity contribution in [3.05, 3.63) is 169 Å². The summed E-state index contributed by atoms with van der Waals surface area (Å²) in [6, 6.07) is 50.4. The van der Waals surface area contributed by atoms with Crippen molar-refractivity contribution in [2.24, 2.45) is 0 Å². The topological polar surface area (TPSA) is 65.0 Å². The van der Waals surface area contributed by atoms with Crippen LogP contribution in [0.25, 0.3) is 94.6 Å². The van der Waals surface area contributed by atoms with Gasteiger partial charge in [0.25, 0.3) is 0 Å². The van der Waals surface area contributed by atoms with Gasteiger partial charge in [0.1, 0.15) is 28.2 Å². The number of hydrogen-bond acceptors (Lipinski definition) is 5. The second-order valence-corrected chi connectivity index (χ2v) is 13.5. The quantitative estimate of drug-likeness (QED) is 0.187. The van der Waals surface area contributed by atoms with Gasteiger partial charge in [-0.05, 0) is 75.8 Å². The summed E-state index contributed by atoms with van der Waals surface area (Å²) < 4.78 is 12.5. The van der Waals surface area contributed by atoms with Gasteiger partial charge in [-0.3, -0.25) is 0 Å². The van der Waals surface area contributed by atoms with Gasteiger partial charge < -0.3 is 8.83 Å². The molecule has 3 aromatic heterocycles. The molecule has 1 aliphatic rings. The zero-order chi connectivity index (χ0) is 34.2. The average molecular weight is 668 g/mol. The van der Waals surface area contributed by atoms with Crippen LogP contribution in [0.2, 0.25) is 0 Å². The molecule has 0 saturated heterocycles. The molecule has 0 fully saturated rings. The molecular weight excluding hydrogens is 639 g/mol. The lowest BCUT2D eigenvalue weighted by Crippen LogP contribution is -2.12. The Kier molecular flexibility index (Phi) is 6.31. The van der Waals surface area contributed by atoms with E-state index in [9.17, 15) is 0 Å². The van der Waals surface area contributed by atoms with Gasteiger partial charge in [0.2, 0.25) is 0 Å². The fourth-order valence-electron chi connectivity index (χ4n) is 7.92. The largest absolute Gasteiger partial charge is 0.456 e. The summed E-state index contributed by atoms with van der Waals surface area (Å²) in [4.78, 5) is 15.5. The van der Waals surface area contributed by atoms with Crippen LogP contribution in [0.4, 0.5) is 0 Å². The smallest absolute Gasteiger partial charge is 0.164 e. The van der Waals surface area contributed by atoms with Crippen LogP contribution in [0.1, 0.15) is 22.9 Å². The Morgan fingerprint density at radius 3 is 1.90 bits per heavy atom. The molecule has 0 radical (unpaired) electrons. The van der Waals surface area contributed by atoms with Crippen molar-refractivity contribution in [2.45, 2.75) is 12.3 Å². The van der Waals surface area contributed by atoms with Crippen LogP contribution < -0.4 is 0 Å². The highest BCUT2D eigenvalue weighted by Crippen LogP contribution is 2.40. The Bertz CT molecular complexity index is 3080. The Morgan fingerprint density at radius 2 is 1.12 bits per heavy atom. The summed E-state index contributed by atoms with van der Waals surface area (Å²) in [7, 11) is 0. The van der Waals surface area contributed by atoms with Crippen LogP contribution in [-0.2, 0) is 6.42 Å². The van der Waals surface area contributed by atoms with Gasteiger partial charge in [0, 0.05) is 38.6 Å². The number of nitrogens with zero attached hydrogens (tertiary/aromatic N) is 3. The van der Waals surface area contributed by atoms with E-state index in [1.54, 1.807) is 0 Å². The zero-order valence-corrected chi connectivity index (χ0v) is 28.0. The Balaban J connectivity index is 1.03. The Morgan fingerprint density at radius 1 is 0.481 bits per heavy atom. The molecule has 7 aromatic carbocycles. The van der Waals surface area contributed by atoms with E-state index < -0.39 is 0 Å². The second-order valence-electron chi connectivity index (χ2n) is 13.5. The maximum Gasteiger partial charge on any atom is 0.164 e. The number of furan rings is 2. The number of hydrogen-bond donors (Lipinski definition) is 0. The molecular formula is C47H29N3O2. The first-order valence-electron chi connectivity index (χ1n) is 17.6. The molecule has 0 aliphatic heterocycles. The van der Waals surface area contributed by atoms with Crippen molar-refractivity contribution in [2.75, 3.05) is 0 Å². The van der Waals surface area contributed by atoms with Crippen molar-refractivity contribution in [1.82, 2.24) is 15.0 Å². The van der Waals surface area contributed by atoms with Gasteiger partial charge in [-0.25, -0.2) is 15.0 Å². The Hall–Kier alpha value is -6.85. The molecule has 5 nitrogen and oxygen atoms in total. The van der Waals surface area contributed by atoms with Gasteiger partial charge >= 0.3 is 0 Å². The molecule has 3 heterocycles. The first-order chi connectivity index (χ1) is 25.7. The van der Waals surface area contributed by atoms with E-state index in [2.05, 4.69) is 109 Å². The lowest BCUT2D eigenvalue weighted by atomic mass is 9.86. The maximum atomic E-state index is 6.26. The molecule has 0 bridgehead atoms. The SMILES string of the molecule is C1=CC(c2nc(-c3ccc4ccccc4c3)nc(-c3cccc4oc5ccccc5c34)n2)Cc2ccc(-c3cccc4oc5ccccc5c34)cc21. The molecule has 52 heavy (non-hydrogen) atoms. The van der Waals surface area contributed by atoms with Crippen molar-refractivity contribution in [1.29, 1.82) is 0 Å². The lowest BCUT2D eigenvalue weighted by Gasteiger charge is -2.20. The van der Waals surface area contributed by atoms with Crippen LogP contribution in [0, 0.1) is 0 Å². The van der Waals surface area contributed by atoms with E-state index in [-0.39, 0.29) is 5.92 Å². The molecule has 1 atom stereocenters. The number of aromatic nitrogens is 3. The number of para-hydroxylation sites is 2. The monoisotopic (exact) mass is 667 g/mol. The number of benzene rings is 7. The molecule has 0 spiro atoms. The van der Waals surface area contributed by atoms with E-state index in [0.29, 0.717) is 11.6 Å². The average Bonchev–Trinajstić information content (AvgIpc) is 3.79. The molecule has 0 amide bonds. The molecule has 1 aliphatic carbocycles. The minimum atomic E-state index is -0.0270. The first kappa shape index (κ1) is 28.9. The minimum absolute atomic E-state index is 0.0270. The number of allylic oxidation sites excluding steroid dienone is 1. The summed E-state index contributed by atoms with van der Waals surface area (Å²) in [6.45, 7) is 0. The molecule has 0 saturated carbocycles. The molecule has 244 valence electrons. The highest BCUT2D eigenvalue weighted by atomic mass is 16.3. The zero-order valence-electron chi connectivity index (χ0n) is 28.0. The van der Waals surface area contributed by atoms with E-state index in [1.165, 1.54) is 27.6 Å². The fourth-order valence-corrected chi connectivity index (χ4v) is 7.92. The number of fused-ring (bicyclic) bond motifs is 8. The summed E-state index contributed by atoms with van der Waals surface area (Å²) in [5.41, 5.74) is 10.2. The predicted octanol–water partition coefficient (Wildman–Crippen LogP) is 12.2. The second kappa shape index (κ2) is 11.3. The fraction of sp³-hybridized carbons (Fsp3) is 0.0426. The van der Waals surface area contributed by atoms with Crippen LogP contribution in [0.5, 0.6) is 0 Å². The van der Waals surface area contributed by atoms with E-state index in [0.717, 1.165) is 72.6 Å². The summed E-state index contributed by atoms with van der Waals surface area (Å²) in [6.07, 6.45) is 5.26. The minimum Gasteiger partial charge on any atom is -0.456 e. The Labute approximate surface area is 298 Å². The first-order valence-corrected chi connectivity index (χ1v) is 17.6. The van der Waals surface area contributed by atoms with Gasteiger partial charge in [-0.15, -0.1) is 0 Å². The summed E-state index contributed by atoms with van der Waals surface area (Å²) in [5, 5.41) is 6.66. The standard InChI is InChI=1S/C47H29N3O2/c1-2-10-29-26-33(23-19-28(29)9-1)45-48-46(50-47(49-45)38-14-8-18-42-44(38)37-12-4-6-16-40(37)52-42)34-24-21-30-25-32(22-20-31(30)27-34)35-13-7-17-41-43(35)36-11-3-5-15-39(36)51-41/h1-26,34H,27H2. The highest BCUT2D eigenvalue weighted by molar-refractivity contribution is 6.13. The van der Waals surface area contributed by atoms with Crippen molar-refractivity contribution >= 4 is 60.7 Å². The summed E-state index contributed by atoms with van der Waals surface area (Å²) in [5.74, 6) is 2.02. The van der Waals surface area contributed by atoms with E-state index >= 15 is 0 Å². The number of rotatable bonds is 4. The van der Waals surface area contributed by atoms with E-state index in [1.807, 2.05) is 48.5 Å². The molecule has 10 aromatic rings. The van der Waals surface area contributed by atoms with Crippen molar-refractivity contribution < 1.29 is 8.83 Å². The molecule has 1 unspecified atom stereocenters. The third kappa shape index (κ3) is 4.60.